The lowest BCUT2D eigenvalue weighted by Crippen LogP contribution is -2.24. The summed E-state index contributed by atoms with van der Waals surface area (Å²) in [6.07, 6.45) is 1.44. The predicted molar refractivity (Wildman–Crippen MR) is 101 cm³/mol. The highest BCUT2D eigenvalue weighted by Crippen LogP contribution is 2.16. The van der Waals surface area contributed by atoms with Gasteiger partial charge < -0.3 is 14.2 Å². The van der Waals surface area contributed by atoms with Gasteiger partial charge in [0.15, 0.2) is 13.2 Å². The second-order valence-corrected chi connectivity index (χ2v) is 5.48. The van der Waals surface area contributed by atoms with Crippen LogP contribution in [-0.4, -0.2) is 37.9 Å². The molecule has 0 aromatic heterocycles. The fourth-order valence-electron chi connectivity index (χ4n) is 2.13. The number of carbonyl (C=O) groups is 2. The van der Waals surface area contributed by atoms with Crippen molar-refractivity contribution in [3.63, 3.8) is 0 Å². The van der Waals surface area contributed by atoms with Crippen LogP contribution in [-0.2, 0) is 14.3 Å². The number of ether oxygens (including phenoxy) is 3. The van der Waals surface area contributed by atoms with E-state index < -0.39 is 5.97 Å². The molecule has 2 aromatic rings. The van der Waals surface area contributed by atoms with Crippen molar-refractivity contribution in [1.29, 1.82) is 0 Å². The van der Waals surface area contributed by atoms with Gasteiger partial charge in [0, 0.05) is 5.56 Å². The molecule has 0 saturated heterocycles. The van der Waals surface area contributed by atoms with Crippen molar-refractivity contribution >= 4 is 18.1 Å². The zero-order valence-electron chi connectivity index (χ0n) is 15.3. The molecule has 0 radical (unpaired) electrons. The van der Waals surface area contributed by atoms with Gasteiger partial charge in [-0.15, -0.1) is 0 Å². The summed E-state index contributed by atoms with van der Waals surface area (Å²) >= 11 is 0. The fourth-order valence-corrected chi connectivity index (χ4v) is 2.13. The third-order valence-electron chi connectivity index (χ3n) is 3.42. The number of hydrazone groups is 1. The molecule has 0 fully saturated rings. The SMILES string of the molecule is CCOC(=O)COc1ccccc1/C=N\NC(=O)COc1ccccc1C. The Morgan fingerprint density at radius 3 is 2.41 bits per heavy atom. The van der Waals surface area contributed by atoms with Crippen LogP contribution in [0, 0.1) is 6.92 Å². The Morgan fingerprint density at radius 2 is 1.67 bits per heavy atom. The van der Waals surface area contributed by atoms with Gasteiger partial charge >= 0.3 is 5.97 Å². The van der Waals surface area contributed by atoms with E-state index in [0.29, 0.717) is 23.7 Å². The quantitative estimate of drug-likeness (QED) is 0.416. The highest BCUT2D eigenvalue weighted by molar-refractivity contribution is 5.85. The maximum Gasteiger partial charge on any atom is 0.344 e. The summed E-state index contributed by atoms with van der Waals surface area (Å²) < 4.78 is 15.7. The number of benzene rings is 2. The molecule has 0 spiro atoms. The van der Waals surface area contributed by atoms with Crippen molar-refractivity contribution in [3.8, 4) is 11.5 Å². The molecule has 0 atom stereocenters. The van der Waals surface area contributed by atoms with Gasteiger partial charge in [0.25, 0.3) is 5.91 Å². The van der Waals surface area contributed by atoms with Crippen molar-refractivity contribution in [3.05, 3.63) is 59.7 Å². The molecule has 0 saturated carbocycles. The molecule has 2 rings (SSSR count). The molecule has 0 aliphatic rings. The number of esters is 1. The van der Waals surface area contributed by atoms with Crippen molar-refractivity contribution in [2.75, 3.05) is 19.8 Å². The first-order valence-electron chi connectivity index (χ1n) is 8.48. The maximum atomic E-state index is 11.8. The van der Waals surface area contributed by atoms with Crippen LogP contribution < -0.4 is 14.9 Å². The molecule has 142 valence electrons. The Bertz CT molecular complexity index is 804. The number of para-hydroxylation sites is 2. The monoisotopic (exact) mass is 370 g/mol. The van der Waals surface area contributed by atoms with E-state index in [9.17, 15) is 9.59 Å². The second kappa shape index (κ2) is 10.6. The summed E-state index contributed by atoms with van der Waals surface area (Å²) in [5, 5.41) is 3.90. The van der Waals surface area contributed by atoms with Crippen LogP contribution in [0.3, 0.4) is 0 Å². The smallest absolute Gasteiger partial charge is 0.344 e. The number of aryl methyl sites for hydroxylation is 1. The number of rotatable bonds is 9. The lowest BCUT2D eigenvalue weighted by Gasteiger charge is -2.08. The summed E-state index contributed by atoms with van der Waals surface area (Å²) in [6, 6.07) is 14.4. The van der Waals surface area contributed by atoms with E-state index in [1.54, 1.807) is 37.3 Å². The van der Waals surface area contributed by atoms with Gasteiger partial charge in [0.1, 0.15) is 11.5 Å². The average Bonchev–Trinajstić information content (AvgIpc) is 2.67. The molecular weight excluding hydrogens is 348 g/mol. The topological polar surface area (TPSA) is 86.2 Å². The summed E-state index contributed by atoms with van der Waals surface area (Å²) in [5.41, 5.74) is 3.95. The van der Waals surface area contributed by atoms with Gasteiger partial charge in [-0.25, -0.2) is 10.2 Å². The molecule has 0 bridgehead atoms. The Labute approximate surface area is 157 Å². The van der Waals surface area contributed by atoms with Crippen molar-refractivity contribution in [2.45, 2.75) is 13.8 Å². The average molecular weight is 370 g/mol. The van der Waals surface area contributed by atoms with Crippen molar-refractivity contribution in [2.24, 2.45) is 5.10 Å². The van der Waals surface area contributed by atoms with Gasteiger partial charge in [0.05, 0.1) is 12.8 Å². The van der Waals surface area contributed by atoms with E-state index >= 15 is 0 Å². The molecular formula is C20H22N2O5. The third-order valence-corrected chi connectivity index (χ3v) is 3.42. The molecule has 1 amide bonds. The van der Waals surface area contributed by atoms with E-state index in [4.69, 9.17) is 14.2 Å². The molecule has 27 heavy (non-hydrogen) atoms. The van der Waals surface area contributed by atoms with E-state index in [1.807, 2.05) is 25.1 Å². The van der Waals surface area contributed by atoms with Crippen molar-refractivity contribution in [1.82, 2.24) is 5.43 Å². The van der Waals surface area contributed by atoms with Crippen LogP contribution in [0.5, 0.6) is 11.5 Å². The lowest BCUT2D eigenvalue weighted by molar-refractivity contribution is -0.145. The number of amides is 1. The van der Waals surface area contributed by atoms with Gasteiger partial charge in [-0.2, -0.15) is 5.10 Å². The van der Waals surface area contributed by atoms with E-state index in [2.05, 4.69) is 10.5 Å². The molecule has 1 N–H and O–H groups in total. The minimum absolute atomic E-state index is 0.150. The lowest BCUT2D eigenvalue weighted by atomic mass is 10.2. The first-order valence-corrected chi connectivity index (χ1v) is 8.48. The number of hydrogen-bond donors (Lipinski definition) is 1. The molecule has 2 aromatic carbocycles. The van der Waals surface area contributed by atoms with Crippen LogP contribution >= 0.6 is 0 Å². The zero-order valence-corrected chi connectivity index (χ0v) is 15.3. The van der Waals surface area contributed by atoms with E-state index in [0.717, 1.165) is 5.56 Å². The number of nitrogens with one attached hydrogen (secondary N) is 1. The third kappa shape index (κ3) is 6.81. The maximum absolute atomic E-state index is 11.8. The van der Waals surface area contributed by atoms with Crippen LogP contribution in [0.2, 0.25) is 0 Å². The molecule has 7 heteroatoms. The Kier molecular flexibility index (Phi) is 7.84. The standard InChI is InChI=1S/C20H22N2O5/c1-3-25-20(24)14-27-18-11-7-5-9-16(18)12-21-22-19(23)13-26-17-10-6-4-8-15(17)2/h4-12H,3,13-14H2,1-2H3,(H,22,23)/b21-12-. The molecule has 0 heterocycles. The van der Waals surface area contributed by atoms with E-state index in [1.165, 1.54) is 6.21 Å². The Hall–Kier alpha value is -3.35. The summed E-state index contributed by atoms with van der Waals surface area (Å²) in [7, 11) is 0. The predicted octanol–water partition coefficient (Wildman–Crippen LogP) is 2.47. The summed E-state index contributed by atoms with van der Waals surface area (Å²) in [6.45, 7) is 3.57. The normalized spacial score (nSPS) is 10.4. The fraction of sp³-hybridized carbons (Fsp3) is 0.250. The Morgan fingerprint density at radius 1 is 1.00 bits per heavy atom. The van der Waals surface area contributed by atoms with E-state index in [-0.39, 0.29) is 19.1 Å². The number of hydrogen-bond acceptors (Lipinski definition) is 6. The molecule has 7 nitrogen and oxygen atoms in total. The van der Waals surface area contributed by atoms with Gasteiger partial charge in [-0.3, -0.25) is 4.79 Å². The minimum Gasteiger partial charge on any atom is -0.483 e. The van der Waals surface area contributed by atoms with Crippen LogP contribution in [0.25, 0.3) is 0 Å². The number of nitrogens with zero attached hydrogens (tertiary/aromatic N) is 1. The highest BCUT2D eigenvalue weighted by Gasteiger charge is 2.07. The van der Waals surface area contributed by atoms with Gasteiger partial charge in [0.2, 0.25) is 0 Å². The van der Waals surface area contributed by atoms with Crippen molar-refractivity contribution < 1.29 is 23.8 Å². The number of carbonyl (C=O) groups excluding carboxylic acids is 2. The zero-order chi connectivity index (χ0) is 19.5. The van der Waals surface area contributed by atoms with Gasteiger partial charge in [-0.05, 0) is 37.6 Å². The molecule has 0 aliphatic heterocycles. The van der Waals surface area contributed by atoms with Gasteiger partial charge in [-0.1, -0.05) is 30.3 Å². The summed E-state index contributed by atoms with van der Waals surface area (Å²) in [4.78, 5) is 23.2. The summed E-state index contributed by atoms with van der Waals surface area (Å²) in [5.74, 6) is 0.263. The van der Waals surface area contributed by atoms with Crippen LogP contribution in [0.15, 0.2) is 53.6 Å². The first-order chi connectivity index (χ1) is 13.1. The minimum atomic E-state index is -0.453. The second-order valence-electron chi connectivity index (χ2n) is 5.48. The largest absolute Gasteiger partial charge is 0.483 e. The first kappa shape index (κ1) is 20.0. The Balaban J connectivity index is 1.85. The molecule has 0 aliphatic carbocycles. The molecule has 0 unspecified atom stereocenters. The van der Waals surface area contributed by atoms with Crippen LogP contribution in [0.4, 0.5) is 0 Å². The van der Waals surface area contributed by atoms with Crippen LogP contribution in [0.1, 0.15) is 18.1 Å². The highest BCUT2D eigenvalue weighted by atomic mass is 16.6.